The molecule has 0 aliphatic heterocycles. The zero-order chi connectivity index (χ0) is 24.3. The van der Waals surface area contributed by atoms with E-state index in [1.54, 1.807) is 30.5 Å². The fraction of sp³-hybridized carbons (Fsp3) is 0.222. The second-order valence-corrected chi connectivity index (χ2v) is 8.89. The minimum absolute atomic E-state index is 0.106. The Hall–Kier alpha value is -4.53. The number of aromatic nitrogens is 5. The number of H-pyrrole nitrogens is 1. The first kappa shape index (κ1) is 22.0. The number of benzene rings is 2. The fourth-order valence-electron chi connectivity index (χ4n) is 4.74. The van der Waals surface area contributed by atoms with Gasteiger partial charge in [0.2, 0.25) is 12.3 Å². The van der Waals surface area contributed by atoms with Gasteiger partial charge in [-0.25, -0.2) is 9.97 Å². The Balaban J connectivity index is 1.19. The lowest BCUT2D eigenvalue weighted by molar-refractivity contribution is 0.104. The summed E-state index contributed by atoms with van der Waals surface area (Å²) in [5.74, 6) is 2.96. The number of aromatic amines is 1. The molecule has 0 saturated heterocycles. The molecule has 0 atom stereocenters. The lowest BCUT2D eigenvalue weighted by Crippen LogP contribution is -2.26. The highest BCUT2D eigenvalue weighted by Gasteiger charge is 2.27. The Kier molecular flexibility index (Phi) is 5.87. The highest BCUT2D eigenvalue weighted by Crippen LogP contribution is 2.34. The van der Waals surface area contributed by atoms with E-state index in [-0.39, 0.29) is 17.7 Å². The van der Waals surface area contributed by atoms with Gasteiger partial charge in [-0.1, -0.05) is 18.2 Å². The summed E-state index contributed by atoms with van der Waals surface area (Å²) in [5.41, 5.74) is 1.72. The van der Waals surface area contributed by atoms with Gasteiger partial charge in [-0.2, -0.15) is 0 Å². The van der Waals surface area contributed by atoms with Crippen LogP contribution in [0, 0.1) is 0 Å². The number of ketones is 1. The molecular formula is C27H24N6O3. The summed E-state index contributed by atoms with van der Waals surface area (Å²) in [7, 11) is 0. The molecule has 3 aromatic heterocycles. The third-order valence-corrected chi connectivity index (χ3v) is 6.60. The first-order valence-corrected chi connectivity index (χ1v) is 12.0. The molecule has 0 amide bonds. The maximum atomic E-state index is 13.4. The van der Waals surface area contributed by atoms with E-state index in [0.717, 1.165) is 31.4 Å². The van der Waals surface area contributed by atoms with Crippen molar-refractivity contribution in [2.45, 2.75) is 37.6 Å². The molecule has 0 spiro atoms. The lowest BCUT2D eigenvalue weighted by atomic mass is 9.86. The first-order chi connectivity index (χ1) is 17.7. The average Bonchev–Trinajstić information content (AvgIpc) is 3.61. The molecular weight excluding hydrogens is 456 g/mol. The van der Waals surface area contributed by atoms with Gasteiger partial charge in [0.15, 0.2) is 5.78 Å². The van der Waals surface area contributed by atoms with Crippen LogP contribution in [0.25, 0.3) is 11.0 Å². The summed E-state index contributed by atoms with van der Waals surface area (Å²) in [6, 6.07) is 16.9. The van der Waals surface area contributed by atoms with Crippen LogP contribution in [0.1, 0.15) is 53.4 Å². The molecule has 180 valence electrons. The summed E-state index contributed by atoms with van der Waals surface area (Å²) in [6.45, 7) is 0. The fourth-order valence-corrected chi connectivity index (χ4v) is 4.74. The minimum atomic E-state index is -0.106. The summed E-state index contributed by atoms with van der Waals surface area (Å²) in [5, 5.41) is 12.1. The normalized spacial score (nSPS) is 17.7. The van der Waals surface area contributed by atoms with E-state index in [0.29, 0.717) is 39.6 Å². The van der Waals surface area contributed by atoms with Gasteiger partial charge in [-0.15, -0.1) is 10.2 Å². The molecule has 0 bridgehead atoms. The van der Waals surface area contributed by atoms with Crippen LogP contribution in [-0.4, -0.2) is 37.0 Å². The molecule has 6 rings (SSSR count). The van der Waals surface area contributed by atoms with Crippen molar-refractivity contribution in [3.8, 4) is 11.5 Å². The number of hydrogen-bond acceptors (Lipinski definition) is 8. The molecule has 1 aliphatic carbocycles. The van der Waals surface area contributed by atoms with E-state index in [4.69, 9.17) is 9.15 Å². The second kappa shape index (κ2) is 9.61. The molecule has 0 unspecified atom stereocenters. The van der Waals surface area contributed by atoms with Crippen LogP contribution in [0.3, 0.4) is 0 Å². The smallest absolute Gasteiger partial charge is 0.219 e. The number of carbonyl (C=O) groups excluding carboxylic acids is 1. The number of rotatable bonds is 7. The van der Waals surface area contributed by atoms with Crippen LogP contribution in [0.2, 0.25) is 0 Å². The number of anilines is 1. The van der Waals surface area contributed by atoms with Crippen molar-refractivity contribution in [1.29, 1.82) is 0 Å². The average molecular weight is 481 g/mol. The summed E-state index contributed by atoms with van der Waals surface area (Å²) < 4.78 is 11.2. The van der Waals surface area contributed by atoms with Crippen LogP contribution in [-0.2, 0) is 0 Å². The zero-order valence-corrected chi connectivity index (χ0v) is 19.4. The number of nitrogens with one attached hydrogen (secondary N) is 2. The molecule has 2 aromatic carbocycles. The van der Waals surface area contributed by atoms with E-state index in [1.165, 1.54) is 12.7 Å². The van der Waals surface area contributed by atoms with Gasteiger partial charge in [0.25, 0.3) is 0 Å². The quantitative estimate of drug-likeness (QED) is 0.293. The van der Waals surface area contributed by atoms with Gasteiger partial charge < -0.3 is 19.5 Å². The Labute approximate surface area is 207 Å². The second-order valence-electron chi connectivity index (χ2n) is 8.89. The molecule has 2 N–H and O–H groups in total. The topological polar surface area (TPSA) is 119 Å². The van der Waals surface area contributed by atoms with Crippen LogP contribution >= 0.6 is 0 Å². The largest absolute Gasteiger partial charge is 0.457 e. The molecule has 5 aromatic rings. The number of para-hydroxylation sites is 1. The van der Waals surface area contributed by atoms with Gasteiger partial charge >= 0.3 is 0 Å². The van der Waals surface area contributed by atoms with E-state index in [1.807, 2.05) is 30.3 Å². The molecule has 9 nitrogen and oxygen atoms in total. The third kappa shape index (κ3) is 4.43. The number of nitrogens with zero attached hydrogens (tertiary/aromatic N) is 4. The van der Waals surface area contributed by atoms with E-state index >= 15 is 0 Å². The number of fused-ring (bicyclic) bond motifs is 1. The molecule has 0 radical (unpaired) electrons. The lowest BCUT2D eigenvalue weighted by Gasteiger charge is -2.27. The van der Waals surface area contributed by atoms with E-state index in [2.05, 4.69) is 30.5 Å². The molecule has 1 saturated carbocycles. The maximum absolute atomic E-state index is 13.4. The first-order valence-electron chi connectivity index (χ1n) is 12.0. The molecule has 9 heteroatoms. The monoisotopic (exact) mass is 480 g/mol. The van der Waals surface area contributed by atoms with Crippen LogP contribution in [0.4, 0.5) is 5.82 Å². The minimum Gasteiger partial charge on any atom is -0.457 e. The number of ether oxygens (including phenoxy) is 1. The van der Waals surface area contributed by atoms with Gasteiger partial charge in [-0.3, -0.25) is 4.79 Å². The Morgan fingerprint density at radius 3 is 2.50 bits per heavy atom. The van der Waals surface area contributed by atoms with Gasteiger partial charge in [0.05, 0.1) is 10.9 Å². The maximum Gasteiger partial charge on any atom is 0.219 e. The number of hydrogen-bond donors (Lipinski definition) is 2. The predicted molar refractivity (Wildman–Crippen MR) is 133 cm³/mol. The van der Waals surface area contributed by atoms with Gasteiger partial charge in [0.1, 0.15) is 29.3 Å². The Morgan fingerprint density at radius 1 is 0.972 bits per heavy atom. The molecule has 1 fully saturated rings. The molecule has 1 aliphatic rings. The van der Waals surface area contributed by atoms with Crippen molar-refractivity contribution >= 4 is 22.6 Å². The van der Waals surface area contributed by atoms with Gasteiger partial charge in [0, 0.05) is 23.7 Å². The van der Waals surface area contributed by atoms with E-state index in [9.17, 15) is 4.79 Å². The van der Waals surface area contributed by atoms with Crippen LogP contribution < -0.4 is 10.1 Å². The summed E-state index contributed by atoms with van der Waals surface area (Å²) in [6.07, 6.45) is 8.37. The summed E-state index contributed by atoms with van der Waals surface area (Å²) in [4.78, 5) is 25.4. The predicted octanol–water partition coefficient (Wildman–Crippen LogP) is 5.50. The zero-order valence-electron chi connectivity index (χ0n) is 19.4. The molecule has 3 heterocycles. The standard InChI is InChI=1S/C27H24N6O3/c34-24(17-8-12-21(13-9-17)36-20-4-2-1-3-5-20)22-14-28-25-23(22)26(30-15-29-25)32-19-10-6-18(7-11-19)27-33-31-16-35-27/h1-5,8-9,12-16,18-19H,6-7,10-11H2,(H2,28,29,30,32)/t18-,19-. The highest BCUT2D eigenvalue weighted by atomic mass is 16.5. The van der Waals surface area contributed by atoms with Crippen LogP contribution in [0.5, 0.6) is 11.5 Å². The number of carbonyl (C=O) groups is 1. The molecule has 36 heavy (non-hydrogen) atoms. The van der Waals surface area contributed by atoms with E-state index < -0.39 is 0 Å². The van der Waals surface area contributed by atoms with Crippen molar-refractivity contribution in [2.24, 2.45) is 0 Å². The van der Waals surface area contributed by atoms with Crippen molar-refractivity contribution in [3.63, 3.8) is 0 Å². The highest BCUT2D eigenvalue weighted by molar-refractivity contribution is 6.18. The van der Waals surface area contributed by atoms with Crippen molar-refractivity contribution in [3.05, 3.63) is 90.5 Å². The summed E-state index contributed by atoms with van der Waals surface area (Å²) >= 11 is 0. The van der Waals surface area contributed by atoms with Gasteiger partial charge in [-0.05, 0) is 62.1 Å². The van der Waals surface area contributed by atoms with Crippen molar-refractivity contribution in [1.82, 2.24) is 25.1 Å². The van der Waals surface area contributed by atoms with Crippen molar-refractivity contribution in [2.75, 3.05) is 5.32 Å². The third-order valence-electron chi connectivity index (χ3n) is 6.60. The Bertz CT molecular complexity index is 1460. The SMILES string of the molecule is O=C(c1ccc(Oc2ccccc2)cc1)c1c[nH]c2ncnc(N[C@H]3CC[C@H](c4nnco4)CC3)c12. The Morgan fingerprint density at radius 2 is 1.75 bits per heavy atom. The van der Waals surface area contributed by atoms with Crippen molar-refractivity contribution < 1.29 is 13.9 Å². The van der Waals surface area contributed by atoms with Crippen LogP contribution in [0.15, 0.2) is 77.9 Å².